The molecule has 1 unspecified atom stereocenters. The van der Waals surface area contributed by atoms with E-state index in [9.17, 15) is 23.9 Å². The highest BCUT2D eigenvalue weighted by atomic mass is 35.5. The van der Waals surface area contributed by atoms with Crippen molar-refractivity contribution in [3.8, 4) is 0 Å². The molecule has 0 saturated carbocycles. The van der Waals surface area contributed by atoms with Crippen molar-refractivity contribution in [2.45, 2.75) is 31.4 Å². The summed E-state index contributed by atoms with van der Waals surface area (Å²) in [5.41, 5.74) is 0.131. The maximum atomic E-state index is 14.1. The molecule has 0 spiro atoms. The summed E-state index contributed by atoms with van der Waals surface area (Å²) in [4.78, 5) is 42.8. The van der Waals surface area contributed by atoms with Crippen LogP contribution in [0.2, 0.25) is 10.0 Å². The molecule has 3 N–H and O–H groups in total. The SMILES string of the molecule is C[C@@]1(C(=O)NC(Cc2ccc(NC(=O)c3c(Cl)cccc3Cl)cc2)C(=O)O)CC(c2ccccc2F)=NO1. The van der Waals surface area contributed by atoms with Crippen molar-refractivity contribution in [2.75, 3.05) is 5.32 Å². The van der Waals surface area contributed by atoms with Crippen LogP contribution in [-0.4, -0.2) is 40.2 Å². The van der Waals surface area contributed by atoms with E-state index in [1.807, 2.05) is 0 Å². The van der Waals surface area contributed by atoms with Crippen LogP contribution in [0.5, 0.6) is 0 Å². The van der Waals surface area contributed by atoms with E-state index in [2.05, 4.69) is 15.8 Å². The van der Waals surface area contributed by atoms with Gasteiger partial charge in [0.2, 0.25) is 5.60 Å². The molecule has 2 atom stereocenters. The van der Waals surface area contributed by atoms with Crippen LogP contribution >= 0.6 is 23.2 Å². The van der Waals surface area contributed by atoms with Gasteiger partial charge in [0.25, 0.3) is 11.8 Å². The van der Waals surface area contributed by atoms with Crippen molar-refractivity contribution >= 4 is 52.4 Å². The fraction of sp³-hybridized carbons (Fsp3) is 0.185. The Morgan fingerprint density at radius 2 is 1.71 bits per heavy atom. The van der Waals surface area contributed by atoms with Gasteiger partial charge in [0, 0.05) is 24.1 Å². The van der Waals surface area contributed by atoms with Crippen LogP contribution in [-0.2, 0) is 20.8 Å². The lowest BCUT2D eigenvalue weighted by Gasteiger charge is -2.23. The monoisotopic (exact) mass is 557 g/mol. The number of carboxylic acid groups (broad SMARTS) is 1. The molecule has 2 amide bonds. The second kappa shape index (κ2) is 11.2. The van der Waals surface area contributed by atoms with Crippen molar-refractivity contribution < 1.29 is 28.7 Å². The molecular weight excluding hydrogens is 536 g/mol. The number of hydrogen-bond acceptors (Lipinski definition) is 5. The molecule has 3 aromatic carbocycles. The Kier molecular flexibility index (Phi) is 7.99. The number of hydrogen-bond donors (Lipinski definition) is 3. The summed E-state index contributed by atoms with van der Waals surface area (Å²) in [6.45, 7) is 1.46. The third kappa shape index (κ3) is 5.95. The van der Waals surface area contributed by atoms with Gasteiger partial charge in [-0.25, -0.2) is 9.18 Å². The van der Waals surface area contributed by atoms with Gasteiger partial charge in [-0.15, -0.1) is 0 Å². The largest absolute Gasteiger partial charge is 0.480 e. The van der Waals surface area contributed by atoms with E-state index in [-0.39, 0.29) is 39.7 Å². The van der Waals surface area contributed by atoms with Crippen molar-refractivity contribution in [2.24, 2.45) is 5.16 Å². The van der Waals surface area contributed by atoms with Gasteiger partial charge >= 0.3 is 5.97 Å². The van der Waals surface area contributed by atoms with Gasteiger partial charge in [0.15, 0.2) is 0 Å². The topological polar surface area (TPSA) is 117 Å². The molecule has 4 rings (SSSR count). The van der Waals surface area contributed by atoms with Crippen molar-refractivity contribution in [1.29, 1.82) is 0 Å². The predicted octanol–water partition coefficient (Wildman–Crippen LogP) is 5.08. The van der Waals surface area contributed by atoms with E-state index >= 15 is 0 Å². The molecule has 196 valence electrons. The highest BCUT2D eigenvalue weighted by molar-refractivity contribution is 6.40. The van der Waals surface area contributed by atoms with Crippen LogP contribution in [0.4, 0.5) is 10.1 Å². The molecule has 38 heavy (non-hydrogen) atoms. The minimum atomic E-state index is -1.50. The second-order valence-corrected chi connectivity index (χ2v) is 9.65. The average Bonchev–Trinajstić information content (AvgIpc) is 3.28. The molecule has 3 aromatic rings. The van der Waals surface area contributed by atoms with E-state index in [4.69, 9.17) is 28.0 Å². The number of nitrogens with zero attached hydrogens (tertiary/aromatic N) is 1. The Balaban J connectivity index is 1.39. The van der Waals surface area contributed by atoms with Crippen LogP contribution in [0.1, 0.15) is 34.8 Å². The number of oxime groups is 1. The molecule has 1 aliphatic heterocycles. The summed E-state index contributed by atoms with van der Waals surface area (Å²) in [6.07, 6.45) is -0.0707. The third-order valence-corrected chi connectivity index (χ3v) is 6.60. The maximum absolute atomic E-state index is 14.1. The number of rotatable bonds is 8. The Labute approximate surface area is 227 Å². The number of anilines is 1. The number of aliphatic carboxylic acids is 1. The zero-order valence-electron chi connectivity index (χ0n) is 20.0. The first kappa shape index (κ1) is 27.1. The average molecular weight is 558 g/mol. The van der Waals surface area contributed by atoms with Gasteiger partial charge in [0.05, 0.1) is 21.3 Å². The first-order valence-corrected chi connectivity index (χ1v) is 12.2. The second-order valence-electron chi connectivity index (χ2n) is 8.83. The van der Waals surface area contributed by atoms with E-state index in [1.165, 1.54) is 25.1 Å². The third-order valence-electron chi connectivity index (χ3n) is 5.97. The molecule has 0 bridgehead atoms. The van der Waals surface area contributed by atoms with E-state index < -0.39 is 35.2 Å². The fourth-order valence-electron chi connectivity index (χ4n) is 3.88. The first-order chi connectivity index (χ1) is 18.1. The van der Waals surface area contributed by atoms with Crippen molar-refractivity contribution in [3.05, 3.63) is 99.3 Å². The smallest absolute Gasteiger partial charge is 0.326 e. The van der Waals surface area contributed by atoms with Gasteiger partial charge < -0.3 is 20.6 Å². The molecule has 0 aliphatic carbocycles. The molecule has 0 radical (unpaired) electrons. The lowest BCUT2D eigenvalue weighted by Crippen LogP contribution is -2.51. The molecule has 0 fully saturated rings. The zero-order chi connectivity index (χ0) is 27.4. The molecule has 0 aromatic heterocycles. The molecule has 8 nitrogen and oxygen atoms in total. The number of carbonyl (C=O) groups excluding carboxylic acids is 2. The van der Waals surface area contributed by atoms with Gasteiger partial charge in [-0.3, -0.25) is 9.59 Å². The maximum Gasteiger partial charge on any atom is 0.326 e. The Hall–Kier alpha value is -3.95. The Morgan fingerprint density at radius 1 is 1.05 bits per heavy atom. The lowest BCUT2D eigenvalue weighted by atomic mass is 9.94. The van der Waals surface area contributed by atoms with Crippen LogP contribution in [0.3, 0.4) is 0 Å². The summed E-state index contributed by atoms with van der Waals surface area (Å²) in [7, 11) is 0. The zero-order valence-corrected chi connectivity index (χ0v) is 21.5. The number of carboxylic acids is 1. The molecule has 11 heteroatoms. The van der Waals surface area contributed by atoms with Crippen LogP contribution < -0.4 is 10.6 Å². The van der Waals surface area contributed by atoms with E-state index in [0.29, 0.717) is 11.3 Å². The Morgan fingerprint density at radius 3 is 2.34 bits per heavy atom. The molecule has 1 heterocycles. The Bertz CT molecular complexity index is 1410. The molecule has 0 saturated heterocycles. The van der Waals surface area contributed by atoms with Crippen LogP contribution in [0, 0.1) is 5.82 Å². The van der Waals surface area contributed by atoms with Crippen LogP contribution in [0.25, 0.3) is 0 Å². The van der Waals surface area contributed by atoms with Crippen molar-refractivity contribution in [1.82, 2.24) is 5.32 Å². The fourth-order valence-corrected chi connectivity index (χ4v) is 4.45. The number of nitrogens with one attached hydrogen (secondary N) is 2. The normalized spacial score (nSPS) is 17.2. The lowest BCUT2D eigenvalue weighted by molar-refractivity contribution is -0.148. The summed E-state index contributed by atoms with van der Waals surface area (Å²) >= 11 is 12.2. The molecular formula is C27H22Cl2FN3O5. The first-order valence-electron chi connectivity index (χ1n) is 11.5. The van der Waals surface area contributed by atoms with E-state index in [0.717, 1.165) is 0 Å². The minimum Gasteiger partial charge on any atom is -0.480 e. The highest BCUT2D eigenvalue weighted by Gasteiger charge is 2.44. The van der Waals surface area contributed by atoms with Crippen LogP contribution in [0.15, 0.2) is 71.9 Å². The quantitative estimate of drug-likeness (QED) is 0.357. The van der Waals surface area contributed by atoms with Gasteiger partial charge in [-0.1, -0.05) is 64.8 Å². The molecule has 1 aliphatic rings. The summed E-state index contributed by atoms with van der Waals surface area (Å²) in [5, 5.41) is 19.2. The van der Waals surface area contributed by atoms with Gasteiger partial charge in [-0.05, 0) is 42.8 Å². The number of amides is 2. The standard InChI is InChI=1S/C27H22Cl2FN3O5/c1-27(14-22(33-38-27)17-5-2-3-8-20(17)30)26(37)32-21(25(35)36)13-15-9-11-16(12-10-15)31-24(34)23-18(28)6-4-7-19(23)29/h2-12,21H,13-14H2,1H3,(H,31,34)(H,32,37)(H,35,36)/t21?,27-/m0/s1. The van der Waals surface area contributed by atoms with E-state index in [1.54, 1.807) is 48.5 Å². The van der Waals surface area contributed by atoms with Gasteiger partial charge in [0.1, 0.15) is 11.9 Å². The predicted molar refractivity (Wildman–Crippen MR) is 141 cm³/mol. The number of halogens is 3. The number of carbonyl (C=O) groups is 3. The van der Waals surface area contributed by atoms with Crippen molar-refractivity contribution in [3.63, 3.8) is 0 Å². The summed E-state index contributed by atoms with van der Waals surface area (Å²) in [6, 6.07) is 15.9. The van der Waals surface area contributed by atoms with Gasteiger partial charge in [-0.2, -0.15) is 0 Å². The number of benzene rings is 3. The minimum absolute atomic E-state index is 0.0318. The summed E-state index contributed by atoms with van der Waals surface area (Å²) in [5.74, 6) is -2.94. The summed E-state index contributed by atoms with van der Waals surface area (Å²) < 4.78 is 14.1. The highest BCUT2D eigenvalue weighted by Crippen LogP contribution is 2.28.